The van der Waals surface area contributed by atoms with Crippen LogP contribution in [0.2, 0.25) is 0 Å². The Labute approximate surface area is 128 Å². The largest absolute Gasteiger partial charge is 0.350 e. The number of hydrogen-bond acceptors (Lipinski definition) is 4. The van der Waals surface area contributed by atoms with Crippen molar-refractivity contribution in [1.29, 1.82) is 0 Å². The lowest BCUT2D eigenvalue weighted by Gasteiger charge is -2.19. The summed E-state index contributed by atoms with van der Waals surface area (Å²) < 4.78 is 0. The quantitative estimate of drug-likeness (QED) is 0.888. The molecule has 6 heteroatoms. The summed E-state index contributed by atoms with van der Waals surface area (Å²) in [7, 11) is 1.67. The summed E-state index contributed by atoms with van der Waals surface area (Å²) in [4.78, 5) is 28.7. The molecule has 1 saturated carbocycles. The van der Waals surface area contributed by atoms with Gasteiger partial charge in [0.2, 0.25) is 5.91 Å². The Morgan fingerprint density at radius 2 is 2.24 bits per heavy atom. The third-order valence-corrected chi connectivity index (χ3v) is 4.97. The normalized spacial score (nSPS) is 22.2. The summed E-state index contributed by atoms with van der Waals surface area (Å²) in [5.41, 5.74) is 0. The lowest BCUT2D eigenvalue weighted by Crippen LogP contribution is -2.43. The summed E-state index contributed by atoms with van der Waals surface area (Å²) in [6.45, 7) is 2.16. The average molecular weight is 307 g/mol. The number of rotatable bonds is 5. The SMILES string of the molecule is CN(CC(=O)N[C@H]1CCN(C2CC2)C1)C(=O)c1cccs1. The fraction of sp³-hybridized carbons (Fsp3) is 0.600. The minimum absolute atomic E-state index is 0.0648. The van der Waals surface area contributed by atoms with Crippen molar-refractivity contribution in [2.75, 3.05) is 26.7 Å². The van der Waals surface area contributed by atoms with Gasteiger partial charge in [-0.25, -0.2) is 0 Å². The molecule has 2 amide bonds. The van der Waals surface area contributed by atoms with Gasteiger partial charge in [-0.3, -0.25) is 14.5 Å². The second kappa shape index (κ2) is 6.15. The molecule has 0 aromatic carbocycles. The van der Waals surface area contributed by atoms with Crippen LogP contribution in [0.5, 0.6) is 0 Å². The van der Waals surface area contributed by atoms with Gasteiger partial charge in [0.05, 0.1) is 11.4 Å². The summed E-state index contributed by atoms with van der Waals surface area (Å²) in [6, 6.07) is 4.63. The molecule has 1 aromatic heterocycles. The number of carbonyl (C=O) groups is 2. The van der Waals surface area contributed by atoms with E-state index in [1.807, 2.05) is 11.4 Å². The number of thiophene rings is 1. The van der Waals surface area contributed by atoms with E-state index in [2.05, 4.69) is 10.2 Å². The fourth-order valence-electron chi connectivity index (χ4n) is 2.83. The molecule has 114 valence electrons. The van der Waals surface area contributed by atoms with Crippen LogP contribution in [-0.2, 0) is 4.79 Å². The van der Waals surface area contributed by atoms with E-state index in [0.29, 0.717) is 4.88 Å². The molecule has 0 bridgehead atoms. The molecule has 1 saturated heterocycles. The predicted octanol–water partition coefficient (Wildman–Crippen LogP) is 1.17. The molecule has 1 aliphatic carbocycles. The second-order valence-corrected chi connectivity index (χ2v) is 6.87. The molecule has 3 rings (SSSR count). The minimum atomic E-state index is -0.0915. The number of amides is 2. The van der Waals surface area contributed by atoms with E-state index in [1.54, 1.807) is 13.1 Å². The van der Waals surface area contributed by atoms with E-state index in [1.165, 1.54) is 29.1 Å². The Bertz CT molecular complexity index is 513. The van der Waals surface area contributed by atoms with Crippen molar-refractivity contribution in [3.8, 4) is 0 Å². The van der Waals surface area contributed by atoms with Gasteiger partial charge in [0, 0.05) is 32.2 Å². The molecule has 21 heavy (non-hydrogen) atoms. The van der Waals surface area contributed by atoms with Crippen molar-refractivity contribution >= 4 is 23.2 Å². The highest BCUT2D eigenvalue weighted by Gasteiger charge is 2.34. The molecule has 1 aliphatic heterocycles. The van der Waals surface area contributed by atoms with E-state index in [0.717, 1.165) is 25.6 Å². The molecular formula is C15H21N3O2S. The van der Waals surface area contributed by atoms with Gasteiger partial charge < -0.3 is 10.2 Å². The van der Waals surface area contributed by atoms with Gasteiger partial charge in [-0.05, 0) is 30.7 Å². The molecule has 0 unspecified atom stereocenters. The topological polar surface area (TPSA) is 52.7 Å². The van der Waals surface area contributed by atoms with E-state index in [4.69, 9.17) is 0 Å². The highest BCUT2D eigenvalue weighted by Crippen LogP contribution is 2.29. The number of nitrogens with one attached hydrogen (secondary N) is 1. The Kier molecular flexibility index (Phi) is 4.26. The van der Waals surface area contributed by atoms with Crippen molar-refractivity contribution in [1.82, 2.24) is 15.1 Å². The first-order chi connectivity index (χ1) is 10.1. The molecule has 2 fully saturated rings. The zero-order chi connectivity index (χ0) is 14.8. The molecule has 0 radical (unpaired) electrons. The Morgan fingerprint density at radius 3 is 2.90 bits per heavy atom. The van der Waals surface area contributed by atoms with Crippen LogP contribution in [0.4, 0.5) is 0 Å². The highest BCUT2D eigenvalue weighted by atomic mass is 32.1. The zero-order valence-corrected chi connectivity index (χ0v) is 13.1. The third-order valence-electron chi connectivity index (χ3n) is 4.11. The maximum absolute atomic E-state index is 12.1. The van der Waals surface area contributed by atoms with Crippen LogP contribution in [-0.4, -0.2) is 60.4 Å². The smallest absolute Gasteiger partial charge is 0.264 e. The van der Waals surface area contributed by atoms with Crippen LogP contribution in [0.15, 0.2) is 17.5 Å². The van der Waals surface area contributed by atoms with Gasteiger partial charge in [-0.15, -0.1) is 11.3 Å². The van der Waals surface area contributed by atoms with Crippen molar-refractivity contribution in [2.24, 2.45) is 0 Å². The van der Waals surface area contributed by atoms with E-state index < -0.39 is 0 Å². The Morgan fingerprint density at radius 1 is 1.43 bits per heavy atom. The van der Waals surface area contributed by atoms with Crippen LogP contribution in [0, 0.1) is 0 Å². The van der Waals surface area contributed by atoms with Crippen molar-refractivity contribution < 1.29 is 9.59 Å². The molecule has 1 aromatic rings. The van der Waals surface area contributed by atoms with Crippen molar-refractivity contribution in [3.63, 3.8) is 0 Å². The zero-order valence-electron chi connectivity index (χ0n) is 12.2. The van der Waals surface area contributed by atoms with Gasteiger partial charge in [-0.1, -0.05) is 6.07 Å². The maximum atomic E-state index is 12.1. The number of likely N-dealkylation sites (N-methyl/N-ethyl adjacent to an activating group) is 1. The van der Waals surface area contributed by atoms with E-state index in [-0.39, 0.29) is 24.4 Å². The average Bonchev–Trinajstić information content (AvgIpc) is 2.98. The van der Waals surface area contributed by atoms with Crippen LogP contribution >= 0.6 is 11.3 Å². The number of nitrogens with zero attached hydrogens (tertiary/aromatic N) is 2. The predicted molar refractivity (Wildman–Crippen MR) is 82.4 cm³/mol. The molecule has 0 spiro atoms. The summed E-state index contributed by atoms with van der Waals surface area (Å²) in [5, 5.41) is 4.92. The standard InChI is InChI=1S/C15H21N3O2S/c1-17(15(20)13-3-2-8-21-13)10-14(19)16-11-6-7-18(9-11)12-4-5-12/h2-3,8,11-12H,4-7,9-10H2,1H3,(H,16,19)/t11-/m0/s1. The third kappa shape index (κ3) is 3.63. The maximum Gasteiger partial charge on any atom is 0.264 e. The summed E-state index contributed by atoms with van der Waals surface area (Å²) in [5.74, 6) is -0.156. The van der Waals surface area contributed by atoms with E-state index in [9.17, 15) is 9.59 Å². The Balaban J connectivity index is 1.44. The van der Waals surface area contributed by atoms with Crippen LogP contribution < -0.4 is 5.32 Å². The molecule has 1 N–H and O–H groups in total. The second-order valence-electron chi connectivity index (χ2n) is 5.92. The van der Waals surface area contributed by atoms with Crippen molar-refractivity contribution in [2.45, 2.75) is 31.3 Å². The fourth-order valence-corrected chi connectivity index (χ4v) is 3.54. The molecule has 1 atom stereocenters. The number of likely N-dealkylation sites (tertiary alicyclic amines) is 1. The first kappa shape index (κ1) is 14.5. The van der Waals surface area contributed by atoms with Crippen LogP contribution in [0.25, 0.3) is 0 Å². The number of carbonyl (C=O) groups excluding carboxylic acids is 2. The number of hydrogen-bond donors (Lipinski definition) is 1. The molecule has 2 heterocycles. The van der Waals surface area contributed by atoms with Gasteiger partial charge >= 0.3 is 0 Å². The molecular weight excluding hydrogens is 286 g/mol. The van der Waals surface area contributed by atoms with Crippen molar-refractivity contribution in [3.05, 3.63) is 22.4 Å². The lowest BCUT2D eigenvalue weighted by molar-refractivity contribution is -0.122. The van der Waals surface area contributed by atoms with Gasteiger partial charge in [0.1, 0.15) is 0 Å². The van der Waals surface area contributed by atoms with Gasteiger partial charge in [0.25, 0.3) is 5.91 Å². The first-order valence-electron chi connectivity index (χ1n) is 7.46. The monoisotopic (exact) mass is 307 g/mol. The first-order valence-corrected chi connectivity index (χ1v) is 8.34. The minimum Gasteiger partial charge on any atom is -0.350 e. The Hall–Kier alpha value is -1.40. The van der Waals surface area contributed by atoms with Gasteiger partial charge in [0.15, 0.2) is 0 Å². The van der Waals surface area contributed by atoms with Crippen LogP contribution in [0.3, 0.4) is 0 Å². The highest BCUT2D eigenvalue weighted by molar-refractivity contribution is 7.12. The summed E-state index contributed by atoms with van der Waals surface area (Å²) in [6.07, 6.45) is 3.63. The lowest BCUT2D eigenvalue weighted by atomic mass is 10.2. The summed E-state index contributed by atoms with van der Waals surface area (Å²) >= 11 is 1.40. The van der Waals surface area contributed by atoms with Crippen LogP contribution in [0.1, 0.15) is 28.9 Å². The van der Waals surface area contributed by atoms with Gasteiger partial charge in [-0.2, -0.15) is 0 Å². The molecule has 2 aliphatic rings. The van der Waals surface area contributed by atoms with E-state index >= 15 is 0 Å². The molecule has 5 nitrogen and oxygen atoms in total.